The Morgan fingerprint density at radius 3 is 2.70 bits per heavy atom. The van der Waals surface area contributed by atoms with Crippen LogP contribution in [0.1, 0.15) is 48.2 Å². The zero-order valence-corrected chi connectivity index (χ0v) is 20.7. The summed E-state index contributed by atoms with van der Waals surface area (Å²) in [6, 6.07) is 5.51. The number of carbonyl (C=O) groups excluding carboxylic acids is 1. The normalized spacial score (nSPS) is 21.1. The third-order valence-electron chi connectivity index (χ3n) is 6.38. The minimum atomic E-state index is -0.387. The lowest BCUT2D eigenvalue weighted by molar-refractivity contribution is 0.103. The lowest BCUT2D eigenvalue weighted by Gasteiger charge is -2.43. The van der Waals surface area contributed by atoms with E-state index in [9.17, 15) is 4.79 Å². The second kappa shape index (κ2) is 9.53. The quantitative estimate of drug-likeness (QED) is 0.414. The number of aromatic nitrogens is 2. The first-order valence-electron chi connectivity index (χ1n) is 9.92. The third-order valence-corrected chi connectivity index (χ3v) is 8.47. The molecule has 2 heterocycles. The van der Waals surface area contributed by atoms with E-state index in [1.165, 1.54) is 19.3 Å². The number of nitrogens with one attached hydrogen (secondary N) is 1. The average molecular weight is 504 g/mol. The summed E-state index contributed by atoms with van der Waals surface area (Å²) < 4.78 is 0. The predicted molar refractivity (Wildman–Crippen MR) is 130 cm³/mol. The van der Waals surface area contributed by atoms with Gasteiger partial charge in [-0.1, -0.05) is 56.2 Å². The van der Waals surface area contributed by atoms with E-state index in [4.69, 9.17) is 34.8 Å². The summed E-state index contributed by atoms with van der Waals surface area (Å²) in [6.45, 7) is 1.83. The van der Waals surface area contributed by atoms with Crippen LogP contribution in [-0.2, 0) is 0 Å². The SMILES string of the molecule is O=C(c1cccc(Cl)c1Cl)c1ncc(N2CCC3(CCC[C@H]3NPP)CC2)nc1Cl. The second-order valence-corrected chi connectivity index (χ2v) is 10.5. The molecule has 0 bridgehead atoms. The molecule has 4 rings (SSSR count). The van der Waals surface area contributed by atoms with Crippen LogP contribution in [-0.4, -0.2) is 34.9 Å². The van der Waals surface area contributed by atoms with Crippen LogP contribution in [0.3, 0.4) is 0 Å². The maximum atomic E-state index is 12.8. The molecule has 2 fully saturated rings. The van der Waals surface area contributed by atoms with Gasteiger partial charge in [0.05, 0.1) is 16.2 Å². The van der Waals surface area contributed by atoms with Crippen molar-refractivity contribution in [3.63, 3.8) is 0 Å². The van der Waals surface area contributed by atoms with E-state index in [1.54, 1.807) is 24.4 Å². The van der Waals surface area contributed by atoms with E-state index in [-0.39, 0.29) is 27.2 Å². The molecule has 2 aliphatic rings. The van der Waals surface area contributed by atoms with E-state index in [2.05, 4.69) is 28.9 Å². The average Bonchev–Trinajstić information content (AvgIpc) is 3.12. The number of anilines is 1. The summed E-state index contributed by atoms with van der Waals surface area (Å²) >= 11 is 18.6. The summed E-state index contributed by atoms with van der Waals surface area (Å²) in [5, 5.41) is 4.27. The molecule has 3 atom stereocenters. The molecule has 10 heteroatoms. The Hall–Kier alpha value is -0.540. The van der Waals surface area contributed by atoms with Crippen molar-refractivity contribution in [1.29, 1.82) is 0 Å². The van der Waals surface area contributed by atoms with Gasteiger partial charge >= 0.3 is 0 Å². The number of carbonyl (C=O) groups is 1. The van der Waals surface area contributed by atoms with E-state index < -0.39 is 0 Å². The highest BCUT2D eigenvalue weighted by Crippen LogP contribution is 2.48. The summed E-state index contributed by atoms with van der Waals surface area (Å²) in [7, 11) is 3.50. The largest absolute Gasteiger partial charge is 0.355 e. The van der Waals surface area contributed by atoms with Gasteiger partial charge < -0.3 is 4.90 Å². The van der Waals surface area contributed by atoms with Gasteiger partial charge in [0.25, 0.3) is 0 Å². The molecule has 1 saturated heterocycles. The summed E-state index contributed by atoms with van der Waals surface area (Å²) in [5.74, 6) is 0.321. The number of hydrogen-bond donors (Lipinski definition) is 1. The molecule has 30 heavy (non-hydrogen) atoms. The second-order valence-electron chi connectivity index (χ2n) is 7.88. The van der Waals surface area contributed by atoms with E-state index in [1.807, 2.05) is 0 Å². The molecule has 1 N–H and O–H groups in total. The van der Waals surface area contributed by atoms with Crippen LogP contribution in [0, 0.1) is 5.41 Å². The lowest BCUT2D eigenvalue weighted by atomic mass is 9.74. The third kappa shape index (κ3) is 4.35. The van der Waals surface area contributed by atoms with Crippen molar-refractivity contribution < 1.29 is 4.79 Å². The first kappa shape index (κ1) is 22.6. The van der Waals surface area contributed by atoms with Crippen LogP contribution in [0.25, 0.3) is 0 Å². The smallest absolute Gasteiger partial charge is 0.216 e. The molecule has 2 aromatic rings. The molecule has 1 aliphatic carbocycles. The molecular formula is C20H23Cl3N4OP2. The van der Waals surface area contributed by atoms with Crippen LogP contribution in [0.5, 0.6) is 0 Å². The number of hydrogen-bond acceptors (Lipinski definition) is 5. The van der Waals surface area contributed by atoms with Crippen LogP contribution >= 0.6 is 52.2 Å². The fourth-order valence-corrected chi connectivity index (χ4v) is 6.58. The zero-order chi connectivity index (χ0) is 21.3. The van der Waals surface area contributed by atoms with Gasteiger partial charge in [0.1, 0.15) is 11.5 Å². The maximum Gasteiger partial charge on any atom is 0.216 e. The van der Waals surface area contributed by atoms with Crippen molar-refractivity contribution in [2.75, 3.05) is 18.0 Å². The van der Waals surface area contributed by atoms with Crippen molar-refractivity contribution in [1.82, 2.24) is 15.1 Å². The molecular weight excluding hydrogens is 481 g/mol. The Morgan fingerprint density at radius 1 is 1.23 bits per heavy atom. The predicted octanol–water partition coefficient (Wildman–Crippen LogP) is 5.78. The number of rotatable bonds is 5. The molecule has 1 spiro atoms. The molecule has 1 saturated carbocycles. The molecule has 2 unspecified atom stereocenters. The van der Waals surface area contributed by atoms with Gasteiger partial charge in [-0.15, -0.1) is 0 Å². The number of halogens is 3. The highest BCUT2D eigenvalue weighted by Gasteiger charge is 2.44. The zero-order valence-electron chi connectivity index (χ0n) is 16.3. The monoisotopic (exact) mass is 502 g/mol. The summed E-state index contributed by atoms with van der Waals surface area (Å²) in [6.07, 6.45) is 7.71. The number of piperidine rings is 1. The highest BCUT2D eigenvalue weighted by atomic mass is 35.5. The number of benzene rings is 1. The van der Waals surface area contributed by atoms with Crippen LogP contribution in [0.2, 0.25) is 15.2 Å². The molecule has 5 nitrogen and oxygen atoms in total. The Balaban J connectivity index is 1.49. The first-order chi connectivity index (χ1) is 14.4. The highest BCUT2D eigenvalue weighted by molar-refractivity contribution is 8.01. The van der Waals surface area contributed by atoms with Gasteiger partial charge in [-0.2, -0.15) is 0 Å². The number of ketones is 1. The van der Waals surface area contributed by atoms with Crippen molar-refractivity contribution in [3.05, 3.63) is 50.9 Å². The van der Waals surface area contributed by atoms with Crippen molar-refractivity contribution in [2.45, 2.75) is 38.1 Å². The Bertz CT molecular complexity index is 954. The van der Waals surface area contributed by atoms with Crippen LogP contribution < -0.4 is 9.99 Å². The maximum absolute atomic E-state index is 12.8. The molecule has 0 amide bonds. The van der Waals surface area contributed by atoms with Gasteiger partial charge in [-0.3, -0.25) is 9.88 Å². The summed E-state index contributed by atoms with van der Waals surface area (Å²) in [5.41, 5.74) is 0.735. The van der Waals surface area contributed by atoms with Gasteiger partial charge in [-0.05, 0) is 51.7 Å². The van der Waals surface area contributed by atoms with Gasteiger partial charge in [-0.25, -0.2) is 9.97 Å². The molecule has 160 valence electrons. The van der Waals surface area contributed by atoms with Crippen LogP contribution in [0.15, 0.2) is 24.4 Å². The van der Waals surface area contributed by atoms with Crippen molar-refractivity contribution >= 4 is 63.8 Å². The van der Waals surface area contributed by atoms with Gasteiger partial charge in [0.15, 0.2) is 5.15 Å². The topological polar surface area (TPSA) is 58.1 Å². The molecule has 0 radical (unpaired) electrons. The fourth-order valence-electron chi connectivity index (χ4n) is 4.71. The van der Waals surface area contributed by atoms with Crippen molar-refractivity contribution in [3.8, 4) is 0 Å². The van der Waals surface area contributed by atoms with Gasteiger partial charge in [0, 0.05) is 24.7 Å². The minimum Gasteiger partial charge on any atom is -0.355 e. The van der Waals surface area contributed by atoms with E-state index in [0.29, 0.717) is 30.7 Å². The standard InChI is InChI=1S/C20H23Cl3N4OP2/c21-13-4-1-3-12(16(13)22)18(28)17-19(23)25-15(11-24-17)27-9-7-20(8-10-27)6-2-5-14(20)26-30-29/h1,3-4,11,14,26,30H,2,5-10,29H2/t14-/m1/s1. The fraction of sp³-hybridized carbons (Fsp3) is 0.450. The lowest BCUT2D eigenvalue weighted by Crippen LogP contribution is -2.47. The number of nitrogens with zero attached hydrogens (tertiary/aromatic N) is 3. The first-order valence-corrected chi connectivity index (χ1v) is 13.9. The Kier molecular flexibility index (Phi) is 7.19. The minimum absolute atomic E-state index is 0.0819. The Labute approximate surface area is 195 Å². The van der Waals surface area contributed by atoms with Crippen molar-refractivity contribution in [2.24, 2.45) is 5.41 Å². The van der Waals surface area contributed by atoms with E-state index in [0.717, 1.165) is 25.9 Å². The molecule has 1 aliphatic heterocycles. The van der Waals surface area contributed by atoms with Crippen LogP contribution in [0.4, 0.5) is 5.82 Å². The molecule has 1 aromatic carbocycles. The Morgan fingerprint density at radius 2 is 2.00 bits per heavy atom. The molecule has 1 aromatic heterocycles. The summed E-state index contributed by atoms with van der Waals surface area (Å²) in [4.78, 5) is 23.9. The van der Waals surface area contributed by atoms with E-state index >= 15 is 0 Å². The van der Waals surface area contributed by atoms with Gasteiger partial charge in [0.2, 0.25) is 5.78 Å².